The van der Waals surface area contributed by atoms with Gasteiger partial charge in [-0.3, -0.25) is 14.3 Å². The van der Waals surface area contributed by atoms with Gasteiger partial charge in [-0.2, -0.15) is 0 Å². The molecule has 2 aromatic carbocycles. The molecule has 0 atom stereocenters. The van der Waals surface area contributed by atoms with E-state index in [4.69, 9.17) is 16.3 Å². The number of amides is 1. The summed E-state index contributed by atoms with van der Waals surface area (Å²) in [4.78, 5) is 27.9. The summed E-state index contributed by atoms with van der Waals surface area (Å²) in [7, 11) is 0. The van der Waals surface area contributed by atoms with E-state index in [1.165, 1.54) is 11.3 Å². The first kappa shape index (κ1) is 21.5. The SMILES string of the molecule is O=C(Nc1cccc(-c2csc(-c3noc(=O)[nH]3)c2)c1)C1(Oc2ccc(Cl)cc2)CCCC1. The van der Waals surface area contributed by atoms with Crippen LogP contribution in [0, 0.1) is 0 Å². The van der Waals surface area contributed by atoms with Crippen molar-refractivity contribution in [3.63, 3.8) is 0 Å². The van der Waals surface area contributed by atoms with Crippen molar-refractivity contribution in [2.45, 2.75) is 31.3 Å². The highest BCUT2D eigenvalue weighted by Gasteiger charge is 2.43. The van der Waals surface area contributed by atoms with Crippen LogP contribution >= 0.6 is 22.9 Å². The zero-order valence-corrected chi connectivity index (χ0v) is 19.0. The number of hydrogen-bond acceptors (Lipinski definition) is 6. The fraction of sp³-hybridized carbons (Fsp3) is 0.208. The van der Waals surface area contributed by atoms with Crippen LogP contribution in [0.25, 0.3) is 21.8 Å². The number of anilines is 1. The Morgan fingerprint density at radius 1 is 1.12 bits per heavy atom. The highest BCUT2D eigenvalue weighted by Crippen LogP contribution is 2.37. The van der Waals surface area contributed by atoms with E-state index in [-0.39, 0.29) is 5.91 Å². The smallest absolute Gasteiger partial charge is 0.439 e. The van der Waals surface area contributed by atoms with Crippen molar-refractivity contribution in [1.82, 2.24) is 10.1 Å². The molecule has 0 bridgehead atoms. The van der Waals surface area contributed by atoms with Gasteiger partial charge in [0.25, 0.3) is 5.91 Å². The lowest BCUT2D eigenvalue weighted by Gasteiger charge is -2.29. The topological polar surface area (TPSA) is 97.2 Å². The largest absolute Gasteiger partial charge is 0.477 e. The van der Waals surface area contributed by atoms with Crippen molar-refractivity contribution >= 4 is 34.5 Å². The third-order valence-corrected chi connectivity index (χ3v) is 6.87. The molecule has 1 amide bonds. The first-order chi connectivity index (χ1) is 16.0. The summed E-state index contributed by atoms with van der Waals surface area (Å²) in [6, 6.07) is 16.6. The van der Waals surface area contributed by atoms with E-state index < -0.39 is 11.4 Å². The average Bonchev–Trinajstić information content (AvgIpc) is 3.57. The molecule has 33 heavy (non-hydrogen) atoms. The van der Waals surface area contributed by atoms with Crippen molar-refractivity contribution in [3.05, 3.63) is 75.6 Å². The number of nitrogens with zero attached hydrogens (tertiary/aromatic N) is 1. The summed E-state index contributed by atoms with van der Waals surface area (Å²) in [5.41, 5.74) is 1.66. The molecular formula is C24H20ClN3O4S. The molecule has 4 aromatic rings. The summed E-state index contributed by atoms with van der Waals surface area (Å²) in [5.74, 6) is 0.273. The van der Waals surface area contributed by atoms with Gasteiger partial charge in [0.1, 0.15) is 5.75 Å². The summed E-state index contributed by atoms with van der Waals surface area (Å²) < 4.78 is 10.8. The first-order valence-electron chi connectivity index (χ1n) is 10.5. The minimum Gasteiger partial charge on any atom is -0.477 e. The quantitative estimate of drug-likeness (QED) is 0.366. The van der Waals surface area contributed by atoms with Gasteiger partial charge in [0.15, 0.2) is 11.4 Å². The number of aromatic amines is 1. The maximum atomic E-state index is 13.3. The number of thiophene rings is 1. The van der Waals surface area contributed by atoms with E-state index in [1.807, 2.05) is 35.7 Å². The van der Waals surface area contributed by atoms with E-state index >= 15 is 0 Å². The summed E-state index contributed by atoms with van der Waals surface area (Å²) in [6.45, 7) is 0. The number of nitrogens with one attached hydrogen (secondary N) is 2. The Kier molecular flexibility index (Phi) is 5.78. The molecule has 9 heteroatoms. The van der Waals surface area contributed by atoms with Crippen LogP contribution in [0.5, 0.6) is 5.75 Å². The number of ether oxygens (including phenoxy) is 1. The van der Waals surface area contributed by atoms with Crippen LogP contribution in [0.1, 0.15) is 25.7 Å². The van der Waals surface area contributed by atoms with Crippen LogP contribution in [0.4, 0.5) is 5.69 Å². The predicted octanol–water partition coefficient (Wildman–Crippen LogP) is 5.74. The molecule has 0 spiro atoms. The van der Waals surface area contributed by atoms with Crippen molar-refractivity contribution in [3.8, 4) is 27.6 Å². The standard InChI is InChI=1S/C24H20ClN3O4S/c25-17-6-8-19(9-7-17)31-24(10-1-2-11-24)22(29)26-18-5-3-4-15(12-18)16-13-20(33-14-16)21-27-23(30)32-28-21/h3-9,12-14H,1-2,10-11H2,(H,26,29)(H,27,28,30). The van der Waals surface area contributed by atoms with Gasteiger partial charge in [-0.25, -0.2) is 4.79 Å². The Hall–Kier alpha value is -3.36. The minimum absolute atomic E-state index is 0.154. The van der Waals surface area contributed by atoms with Gasteiger partial charge in [0.2, 0.25) is 0 Å². The molecule has 1 saturated carbocycles. The number of H-pyrrole nitrogens is 1. The second-order valence-electron chi connectivity index (χ2n) is 7.94. The Balaban J connectivity index is 1.35. The molecule has 1 aliphatic carbocycles. The number of hydrogen-bond donors (Lipinski definition) is 2. The molecule has 1 fully saturated rings. The second-order valence-corrected chi connectivity index (χ2v) is 9.28. The minimum atomic E-state index is -0.905. The maximum Gasteiger partial charge on any atom is 0.439 e. The number of carbonyl (C=O) groups excluding carboxylic acids is 1. The molecule has 168 valence electrons. The van der Waals surface area contributed by atoms with Crippen LogP contribution in [-0.2, 0) is 4.79 Å². The number of rotatable bonds is 6. The summed E-state index contributed by atoms with van der Waals surface area (Å²) >= 11 is 7.42. The third-order valence-electron chi connectivity index (χ3n) is 5.68. The molecule has 0 unspecified atom stereocenters. The molecule has 2 aromatic heterocycles. The fourth-order valence-electron chi connectivity index (χ4n) is 4.02. The van der Waals surface area contributed by atoms with E-state index in [1.54, 1.807) is 24.3 Å². The van der Waals surface area contributed by atoms with Crippen LogP contribution < -0.4 is 15.8 Å². The molecule has 7 nitrogen and oxygen atoms in total. The molecular weight excluding hydrogens is 462 g/mol. The monoisotopic (exact) mass is 481 g/mol. The Bertz CT molecular complexity index is 1340. The van der Waals surface area contributed by atoms with Gasteiger partial charge in [0.05, 0.1) is 4.88 Å². The first-order valence-corrected chi connectivity index (χ1v) is 11.8. The molecule has 0 saturated heterocycles. The van der Waals surface area contributed by atoms with Crippen LogP contribution in [0.15, 0.2) is 69.3 Å². The number of aromatic nitrogens is 2. The Morgan fingerprint density at radius 3 is 2.64 bits per heavy atom. The third kappa shape index (κ3) is 4.58. The normalized spacial score (nSPS) is 14.8. The van der Waals surface area contributed by atoms with E-state index in [0.717, 1.165) is 28.8 Å². The Morgan fingerprint density at radius 2 is 1.91 bits per heavy atom. The van der Waals surface area contributed by atoms with Gasteiger partial charge in [-0.05, 0) is 84.7 Å². The zero-order valence-electron chi connectivity index (χ0n) is 17.5. The number of benzene rings is 2. The molecule has 2 heterocycles. The lowest BCUT2D eigenvalue weighted by Crippen LogP contribution is -2.45. The zero-order chi connectivity index (χ0) is 22.8. The number of carbonyl (C=O) groups is 1. The summed E-state index contributed by atoms with van der Waals surface area (Å²) in [5, 5.41) is 9.36. The van der Waals surface area contributed by atoms with Gasteiger partial charge in [-0.15, -0.1) is 11.3 Å². The van der Waals surface area contributed by atoms with Crippen LogP contribution in [0.3, 0.4) is 0 Å². The van der Waals surface area contributed by atoms with Crippen molar-refractivity contribution in [2.75, 3.05) is 5.32 Å². The fourth-order valence-corrected chi connectivity index (χ4v) is 5.00. The number of halogens is 1. The van der Waals surface area contributed by atoms with E-state index in [9.17, 15) is 9.59 Å². The van der Waals surface area contributed by atoms with Crippen LogP contribution in [-0.4, -0.2) is 21.6 Å². The lowest BCUT2D eigenvalue weighted by atomic mass is 10.00. The van der Waals surface area contributed by atoms with Gasteiger partial charge >= 0.3 is 5.76 Å². The lowest BCUT2D eigenvalue weighted by molar-refractivity contribution is -0.130. The molecule has 0 aliphatic heterocycles. The van der Waals surface area contributed by atoms with Gasteiger partial charge < -0.3 is 10.1 Å². The van der Waals surface area contributed by atoms with E-state index in [0.29, 0.717) is 35.1 Å². The summed E-state index contributed by atoms with van der Waals surface area (Å²) in [6.07, 6.45) is 3.18. The highest BCUT2D eigenvalue weighted by molar-refractivity contribution is 7.13. The van der Waals surface area contributed by atoms with Gasteiger partial charge in [-0.1, -0.05) is 28.9 Å². The molecule has 2 N–H and O–H groups in total. The van der Waals surface area contributed by atoms with Crippen molar-refractivity contribution in [1.29, 1.82) is 0 Å². The highest BCUT2D eigenvalue weighted by atomic mass is 35.5. The Labute approximate surface area is 198 Å². The maximum absolute atomic E-state index is 13.3. The molecule has 1 aliphatic rings. The molecule has 5 rings (SSSR count). The average molecular weight is 482 g/mol. The predicted molar refractivity (Wildman–Crippen MR) is 128 cm³/mol. The van der Waals surface area contributed by atoms with Crippen molar-refractivity contribution in [2.24, 2.45) is 0 Å². The van der Waals surface area contributed by atoms with Crippen LogP contribution in [0.2, 0.25) is 5.02 Å². The molecule has 0 radical (unpaired) electrons. The van der Waals surface area contributed by atoms with Crippen molar-refractivity contribution < 1.29 is 14.1 Å². The van der Waals surface area contributed by atoms with E-state index in [2.05, 4.69) is 20.0 Å². The second kappa shape index (κ2) is 8.88. The van der Waals surface area contributed by atoms with Gasteiger partial charge in [0, 0.05) is 10.7 Å².